The van der Waals surface area contributed by atoms with Gasteiger partial charge in [-0.2, -0.15) is 0 Å². The number of methoxy groups -OCH3 is 1. The van der Waals surface area contributed by atoms with E-state index in [0.29, 0.717) is 76.8 Å². The van der Waals surface area contributed by atoms with Crippen molar-refractivity contribution in [1.82, 2.24) is 39.9 Å². The Hall–Kier alpha value is -12.4. The van der Waals surface area contributed by atoms with E-state index >= 15 is 0 Å². The number of halogens is 10. The Bertz CT molecular complexity index is 7670. The van der Waals surface area contributed by atoms with Crippen molar-refractivity contribution < 1.29 is 22.3 Å². The quantitative estimate of drug-likeness (QED) is 0.0329. The summed E-state index contributed by atoms with van der Waals surface area (Å²) in [4.78, 5) is 42.7. The van der Waals surface area contributed by atoms with Crippen molar-refractivity contribution in [2.75, 3.05) is 34.1 Å². The van der Waals surface area contributed by atoms with Gasteiger partial charge in [-0.25, -0.2) is 57.4 Å². The lowest BCUT2D eigenvalue weighted by molar-refractivity contribution is 0.405. The van der Waals surface area contributed by atoms with Gasteiger partial charge < -0.3 is 31.7 Å². The summed E-state index contributed by atoms with van der Waals surface area (Å²) in [5.41, 5.74) is 17.6. The smallest absolute Gasteiger partial charge is 0.164 e. The zero-order chi connectivity index (χ0) is 87.9. The molecule has 28 heteroatoms. The molecule has 626 valence electrons. The lowest BCUT2D eigenvalue weighted by atomic mass is 10.1. The molecule has 4 aromatic heterocycles. The minimum Gasteiger partial charge on any atom is -0.496 e. The number of hydrogen-bond acceptors (Lipinski definition) is 18. The number of nitrogens with two attached hydrogens (primary N) is 1. The molecular formula is C99H65Cl6F4N13OS4. The van der Waals surface area contributed by atoms with Gasteiger partial charge in [0.25, 0.3) is 0 Å². The highest BCUT2D eigenvalue weighted by Gasteiger charge is 2.21. The maximum absolute atomic E-state index is 13.6. The molecule has 0 unspecified atom stereocenters. The fourth-order valence-electron chi connectivity index (χ4n) is 13.5. The average Bonchev–Trinajstić information content (AvgIpc) is 0.790. The Labute approximate surface area is 772 Å². The minimum atomic E-state index is -0.492. The van der Waals surface area contributed by atoms with Crippen molar-refractivity contribution in [2.24, 2.45) is 0 Å². The average molecular weight is 1870 g/mol. The Morgan fingerprint density at radius 1 is 0.283 bits per heavy atom. The van der Waals surface area contributed by atoms with Crippen molar-refractivity contribution in [3.8, 4) is 5.75 Å². The first-order valence-electron chi connectivity index (χ1n) is 39.0. The molecule has 16 aromatic carbocycles. The van der Waals surface area contributed by atoms with E-state index in [1.54, 1.807) is 67.4 Å². The van der Waals surface area contributed by atoms with E-state index in [4.69, 9.17) is 120 Å². The molecule has 0 spiro atoms. The van der Waals surface area contributed by atoms with E-state index in [0.717, 1.165) is 118 Å². The number of nitrogens with zero attached hydrogens (tertiary/aromatic N) is 8. The zero-order valence-electron chi connectivity index (χ0n) is 66.8. The molecule has 0 fully saturated rings. The van der Waals surface area contributed by atoms with Gasteiger partial charge in [0, 0.05) is 48.1 Å². The molecule has 6 N–H and O–H groups in total. The van der Waals surface area contributed by atoms with Gasteiger partial charge in [-0.05, 0) is 238 Å². The minimum absolute atomic E-state index is 0.0156. The molecule has 0 aliphatic heterocycles. The van der Waals surface area contributed by atoms with E-state index in [9.17, 15) is 17.6 Å². The van der Waals surface area contributed by atoms with Crippen molar-refractivity contribution in [1.29, 1.82) is 0 Å². The highest BCUT2D eigenvalue weighted by Crippen LogP contribution is 2.44. The number of benzene rings is 16. The molecule has 20 rings (SSSR count). The van der Waals surface area contributed by atoms with Crippen LogP contribution in [0.3, 0.4) is 0 Å². The van der Waals surface area contributed by atoms with Crippen molar-refractivity contribution in [2.45, 2.75) is 53.5 Å². The number of rotatable bonds is 17. The van der Waals surface area contributed by atoms with E-state index in [-0.39, 0.29) is 20.1 Å². The van der Waals surface area contributed by atoms with Crippen LogP contribution in [-0.2, 0) is 0 Å². The largest absolute Gasteiger partial charge is 0.496 e. The number of ether oxygens (including phenoxy) is 1. The molecule has 14 nitrogen and oxygen atoms in total. The van der Waals surface area contributed by atoms with E-state index in [1.807, 2.05) is 170 Å². The topological polar surface area (TPSA) is 186 Å². The maximum atomic E-state index is 13.6. The molecular weight excluding hydrogens is 1800 g/mol. The number of fused-ring (bicyclic) bond motifs is 8. The van der Waals surface area contributed by atoms with Crippen LogP contribution >= 0.6 is 117 Å². The molecule has 0 aliphatic rings. The van der Waals surface area contributed by atoms with Gasteiger partial charge in [0.05, 0.1) is 81.3 Å². The third-order valence-corrected chi connectivity index (χ3v) is 25.7. The molecule has 4 heterocycles. The predicted molar refractivity (Wildman–Crippen MR) is 520 cm³/mol. The Morgan fingerprint density at radius 2 is 0.606 bits per heavy atom. The fraction of sp³-hybridized carbons (Fsp3) is 0.0303. The SMILES string of the molecule is COc1ccccc1Sc1nc2cc3ccccc3cc2nc1Nc1ccc(F)c(Cl)c1.Cc1ccc(Sc2nc3cc4ccccc4cc3nc2Nc2ccc(F)c(Cl)c2)c(C)c1.Fc1ccc(Nc2nc3cc4ccccc4cc3nc2Sc2cc(Cl)ccc2Cl)cc1Cl.Nc1cccc(Sc2nc3cc4ccccc4cc3nc2Nc2ccc(F)c(Cl)c2)c1. The number of aryl methyl sites for hydroxylation is 2. The lowest BCUT2D eigenvalue weighted by Gasteiger charge is -2.14. The third kappa shape index (κ3) is 20.8. The van der Waals surface area contributed by atoms with Crippen LogP contribution in [0, 0.1) is 37.1 Å². The standard InChI is InChI=1S/C26H19ClFN3S.C25H17ClFN3OS.C24H13Cl3FN3S.C24H16ClFN4S/c1-15-7-10-24(16(2)11-15)32-26-25(29-19-8-9-21(28)20(27)14-19)30-22-12-17-5-3-4-6-18(17)13-23(22)31-26;1-31-22-8-4-5-9-23(22)32-25-24(28-17-10-11-19(27)18(26)14-17)29-20-12-15-6-2-3-7-16(15)13-21(20)30-25;25-15-5-7-17(26)22(11-15)32-24-23(29-16-6-8-19(28)18(27)12-16)30-20-9-13-3-1-2-4-14(13)10-21(20)31-24;25-19-13-17(8-9-20(19)26)28-23-24(31-18-7-3-6-16(27)12-18)30-22-11-15-5-2-1-4-14(15)10-21(22)29-23/h3-14H,1-2H3,(H,29,30);2-14H,1H3,(H,28,29);1-12H,(H,29,30);1-13H,27H2,(H,28,29). The Balaban J connectivity index is 0.000000119. The van der Waals surface area contributed by atoms with Crippen LogP contribution in [0.5, 0.6) is 5.75 Å². The molecule has 0 radical (unpaired) electrons. The summed E-state index contributed by atoms with van der Waals surface area (Å²) in [6, 6.07) is 93.2. The van der Waals surface area contributed by atoms with Crippen LogP contribution < -0.4 is 31.7 Å². The van der Waals surface area contributed by atoms with Gasteiger partial charge in [0.1, 0.15) is 49.1 Å². The van der Waals surface area contributed by atoms with Crippen molar-refractivity contribution in [3.05, 3.63) is 368 Å². The van der Waals surface area contributed by atoms with E-state index in [1.165, 1.54) is 88.9 Å². The van der Waals surface area contributed by atoms with Crippen LogP contribution in [-0.4, -0.2) is 47.0 Å². The van der Waals surface area contributed by atoms with Crippen LogP contribution in [0.2, 0.25) is 30.1 Å². The molecule has 20 aromatic rings. The molecule has 0 bridgehead atoms. The van der Waals surface area contributed by atoms with Crippen LogP contribution in [0.1, 0.15) is 11.1 Å². The van der Waals surface area contributed by atoms with Gasteiger partial charge in [-0.15, -0.1) is 0 Å². The summed E-state index contributed by atoms with van der Waals surface area (Å²) in [5.74, 6) is 1.04. The summed E-state index contributed by atoms with van der Waals surface area (Å²) in [6.07, 6.45) is 0. The van der Waals surface area contributed by atoms with Crippen molar-refractivity contribution in [3.63, 3.8) is 0 Å². The third-order valence-electron chi connectivity index (χ3n) is 19.7. The summed E-state index contributed by atoms with van der Waals surface area (Å²) in [7, 11) is 1.64. The Morgan fingerprint density at radius 3 is 0.945 bits per heavy atom. The fourth-order valence-corrected chi connectivity index (χ4v) is 18.4. The molecule has 0 saturated carbocycles. The summed E-state index contributed by atoms with van der Waals surface area (Å²) < 4.78 is 60.0. The summed E-state index contributed by atoms with van der Waals surface area (Å²) in [5, 5.41) is 25.6. The molecule has 0 atom stereocenters. The molecule has 127 heavy (non-hydrogen) atoms. The monoisotopic (exact) mass is 1870 g/mol. The maximum Gasteiger partial charge on any atom is 0.164 e. The summed E-state index contributed by atoms with van der Waals surface area (Å²) in [6.45, 7) is 4.16. The van der Waals surface area contributed by atoms with Crippen LogP contribution in [0.4, 0.5) is 69.3 Å². The van der Waals surface area contributed by atoms with E-state index in [2.05, 4.69) is 77.6 Å². The highest BCUT2D eigenvalue weighted by molar-refractivity contribution is 8.00. The number of anilines is 9. The van der Waals surface area contributed by atoms with Gasteiger partial charge >= 0.3 is 0 Å². The molecule has 0 aliphatic carbocycles. The number of aromatic nitrogens is 8. The predicted octanol–water partition coefficient (Wildman–Crippen LogP) is 31.4. The normalized spacial score (nSPS) is 11.2. The second-order valence-corrected chi connectivity index (χ2v) is 35.4. The first kappa shape index (κ1) is 86.7. The van der Waals surface area contributed by atoms with Crippen LogP contribution in [0.15, 0.2) is 343 Å². The van der Waals surface area contributed by atoms with E-state index < -0.39 is 23.3 Å². The van der Waals surface area contributed by atoms with Gasteiger partial charge in [0.2, 0.25) is 0 Å². The molecule has 0 amide bonds. The first-order chi connectivity index (χ1) is 61.6. The van der Waals surface area contributed by atoms with Gasteiger partial charge in [-0.1, -0.05) is 250 Å². The van der Waals surface area contributed by atoms with Gasteiger partial charge in [-0.3, -0.25) is 0 Å². The van der Waals surface area contributed by atoms with Crippen LogP contribution in [0.25, 0.3) is 87.2 Å². The first-order valence-corrected chi connectivity index (χ1v) is 44.5. The molecule has 0 saturated heterocycles. The zero-order valence-corrected chi connectivity index (χ0v) is 74.6. The number of hydrogen-bond donors (Lipinski definition) is 5. The second-order valence-electron chi connectivity index (χ2n) is 28.8. The van der Waals surface area contributed by atoms with Gasteiger partial charge in [0.15, 0.2) is 23.3 Å². The summed E-state index contributed by atoms with van der Waals surface area (Å²) >= 11 is 42.2. The second kappa shape index (κ2) is 38.8. The number of para-hydroxylation sites is 1. The number of nitrogens with one attached hydrogen (secondary N) is 4. The number of nitrogen functional groups attached to an aromatic ring is 1. The van der Waals surface area contributed by atoms with Crippen molar-refractivity contribution >= 4 is 256 Å². The lowest BCUT2D eigenvalue weighted by Crippen LogP contribution is -2.00. The Kier molecular flexibility index (Phi) is 26.5. The highest BCUT2D eigenvalue weighted by atomic mass is 35.5.